The molecule has 1 N–H and O–H groups in total. The first-order chi connectivity index (χ1) is 10.6. The second-order valence-corrected chi connectivity index (χ2v) is 5.23. The van der Waals surface area contributed by atoms with Crippen LogP contribution in [0.5, 0.6) is 0 Å². The lowest BCUT2D eigenvalue weighted by Gasteiger charge is -2.04. The Balaban J connectivity index is 1.63. The summed E-state index contributed by atoms with van der Waals surface area (Å²) in [5.74, 6) is -0.388. The fourth-order valence-electron chi connectivity index (χ4n) is 2.32. The van der Waals surface area contributed by atoms with Crippen LogP contribution in [-0.2, 0) is 17.8 Å². The summed E-state index contributed by atoms with van der Waals surface area (Å²) in [5.41, 5.74) is 3.52. The van der Waals surface area contributed by atoms with Crippen LogP contribution in [0.1, 0.15) is 16.8 Å². The fourth-order valence-corrected chi connectivity index (χ4v) is 2.32. The molecule has 0 fully saturated rings. The molecule has 0 aliphatic rings. The maximum absolute atomic E-state index is 12.8. The van der Waals surface area contributed by atoms with E-state index in [-0.39, 0.29) is 18.1 Å². The molecule has 4 nitrogen and oxygen atoms in total. The third kappa shape index (κ3) is 3.14. The number of pyridine rings is 1. The molecule has 0 atom stereocenters. The van der Waals surface area contributed by atoms with Crippen LogP contribution in [0.3, 0.4) is 0 Å². The van der Waals surface area contributed by atoms with Crippen LogP contribution in [0.15, 0.2) is 48.8 Å². The second-order valence-electron chi connectivity index (χ2n) is 5.23. The SMILES string of the molecule is Cc1cccn2cc(CC(=O)NCc3ccc(F)cc3)nc12. The number of imidazole rings is 1. The standard InChI is InChI=1S/C17H16FN3O/c1-12-3-2-8-21-11-15(20-17(12)21)9-16(22)19-10-13-4-6-14(18)7-5-13/h2-8,11H,9-10H2,1H3,(H,19,22). The molecule has 22 heavy (non-hydrogen) atoms. The Bertz CT molecular complexity index is 808. The molecular weight excluding hydrogens is 281 g/mol. The minimum absolute atomic E-state index is 0.106. The number of halogens is 1. The number of nitrogens with one attached hydrogen (secondary N) is 1. The molecule has 0 unspecified atom stereocenters. The highest BCUT2D eigenvalue weighted by molar-refractivity contribution is 5.78. The van der Waals surface area contributed by atoms with Crippen molar-refractivity contribution in [3.8, 4) is 0 Å². The second kappa shape index (κ2) is 5.97. The van der Waals surface area contributed by atoms with E-state index in [1.807, 2.05) is 35.9 Å². The Morgan fingerprint density at radius 3 is 2.77 bits per heavy atom. The van der Waals surface area contributed by atoms with E-state index in [0.717, 1.165) is 22.5 Å². The van der Waals surface area contributed by atoms with Crippen LogP contribution < -0.4 is 5.32 Å². The predicted octanol–water partition coefficient (Wildman–Crippen LogP) is 2.64. The molecule has 5 heteroatoms. The number of nitrogens with zero attached hydrogens (tertiary/aromatic N) is 2. The molecule has 0 aliphatic heterocycles. The summed E-state index contributed by atoms with van der Waals surface area (Å²) in [6, 6.07) is 10.0. The van der Waals surface area contributed by atoms with Crippen LogP contribution >= 0.6 is 0 Å². The van der Waals surface area contributed by atoms with Crippen molar-refractivity contribution in [3.63, 3.8) is 0 Å². The molecule has 3 aromatic rings. The summed E-state index contributed by atoms with van der Waals surface area (Å²) >= 11 is 0. The average Bonchev–Trinajstić information content (AvgIpc) is 2.90. The summed E-state index contributed by atoms with van der Waals surface area (Å²) in [5, 5.41) is 2.82. The van der Waals surface area contributed by atoms with Crippen LogP contribution in [0.2, 0.25) is 0 Å². The van der Waals surface area contributed by atoms with Crippen LogP contribution in [0, 0.1) is 12.7 Å². The molecule has 0 spiro atoms. The molecule has 1 amide bonds. The summed E-state index contributed by atoms with van der Waals surface area (Å²) in [6.07, 6.45) is 4.00. The molecule has 1 aromatic carbocycles. The lowest BCUT2D eigenvalue weighted by molar-refractivity contribution is -0.120. The number of hydrogen-bond acceptors (Lipinski definition) is 2. The zero-order valence-electron chi connectivity index (χ0n) is 12.2. The Hall–Kier alpha value is -2.69. The van der Waals surface area contributed by atoms with Crippen molar-refractivity contribution in [3.05, 3.63) is 71.4 Å². The van der Waals surface area contributed by atoms with Gasteiger partial charge >= 0.3 is 0 Å². The lowest BCUT2D eigenvalue weighted by atomic mass is 10.2. The van der Waals surface area contributed by atoms with Gasteiger partial charge in [-0.15, -0.1) is 0 Å². The van der Waals surface area contributed by atoms with Crippen molar-refractivity contribution in [2.75, 3.05) is 0 Å². The highest BCUT2D eigenvalue weighted by atomic mass is 19.1. The van der Waals surface area contributed by atoms with E-state index in [1.165, 1.54) is 12.1 Å². The maximum atomic E-state index is 12.8. The smallest absolute Gasteiger partial charge is 0.226 e. The van der Waals surface area contributed by atoms with Gasteiger partial charge in [0, 0.05) is 18.9 Å². The van der Waals surface area contributed by atoms with E-state index >= 15 is 0 Å². The van der Waals surface area contributed by atoms with Gasteiger partial charge in [0.05, 0.1) is 12.1 Å². The lowest BCUT2D eigenvalue weighted by Crippen LogP contribution is -2.24. The van der Waals surface area contributed by atoms with Gasteiger partial charge in [-0.3, -0.25) is 4.79 Å². The predicted molar refractivity (Wildman–Crippen MR) is 81.9 cm³/mol. The van der Waals surface area contributed by atoms with Gasteiger partial charge in [0.2, 0.25) is 5.91 Å². The monoisotopic (exact) mass is 297 g/mol. The molecule has 3 rings (SSSR count). The van der Waals surface area contributed by atoms with Gasteiger partial charge in [0.1, 0.15) is 11.5 Å². The summed E-state index contributed by atoms with van der Waals surface area (Å²) in [6.45, 7) is 2.37. The number of fused-ring (bicyclic) bond motifs is 1. The van der Waals surface area contributed by atoms with Crippen molar-refractivity contribution in [2.45, 2.75) is 19.9 Å². The summed E-state index contributed by atoms with van der Waals surface area (Å²) < 4.78 is 14.7. The van der Waals surface area contributed by atoms with Gasteiger partial charge in [-0.1, -0.05) is 18.2 Å². The number of carbonyl (C=O) groups excluding carboxylic acids is 1. The van der Waals surface area contributed by atoms with Crippen molar-refractivity contribution in [1.82, 2.24) is 14.7 Å². The quantitative estimate of drug-likeness (QED) is 0.804. The molecule has 112 valence electrons. The van der Waals surface area contributed by atoms with Gasteiger partial charge in [0.25, 0.3) is 0 Å². The van der Waals surface area contributed by atoms with Gasteiger partial charge in [-0.2, -0.15) is 0 Å². The number of rotatable bonds is 4. The Morgan fingerprint density at radius 1 is 1.27 bits per heavy atom. The average molecular weight is 297 g/mol. The molecule has 2 aromatic heterocycles. The molecule has 0 bridgehead atoms. The van der Waals surface area contributed by atoms with E-state index in [0.29, 0.717) is 6.54 Å². The molecule has 2 heterocycles. The molecule has 0 saturated heterocycles. The van der Waals surface area contributed by atoms with Gasteiger partial charge in [0.15, 0.2) is 0 Å². The number of carbonyl (C=O) groups is 1. The Kier molecular flexibility index (Phi) is 3.87. The first-order valence-corrected chi connectivity index (χ1v) is 7.06. The minimum atomic E-state index is -0.282. The zero-order valence-corrected chi connectivity index (χ0v) is 12.2. The van der Waals surface area contributed by atoms with E-state index < -0.39 is 0 Å². The normalized spacial score (nSPS) is 10.8. The van der Waals surface area contributed by atoms with Crippen molar-refractivity contribution < 1.29 is 9.18 Å². The van der Waals surface area contributed by atoms with Crippen molar-refractivity contribution in [1.29, 1.82) is 0 Å². The van der Waals surface area contributed by atoms with E-state index in [4.69, 9.17) is 0 Å². The topological polar surface area (TPSA) is 46.4 Å². The third-order valence-electron chi connectivity index (χ3n) is 3.47. The summed E-state index contributed by atoms with van der Waals surface area (Å²) in [7, 11) is 0. The third-order valence-corrected chi connectivity index (χ3v) is 3.47. The highest BCUT2D eigenvalue weighted by Crippen LogP contribution is 2.10. The molecule has 0 aliphatic carbocycles. The first kappa shape index (κ1) is 14.3. The number of aromatic nitrogens is 2. The number of benzene rings is 1. The molecule has 0 radical (unpaired) electrons. The largest absolute Gasteiger partial charge is 0.352 e. The van der Waals surface area contributed by atoms with Crippen LogP contribution in [-0.4, -0.2) is 15.3 Å². The van der Waals surface area contributed by atoms with Crippen molar-refractivity contribution >= 4 is 11.6 Å². The first-order valence-electron chi connectivity index (χ1n) is 7.06. The number of amides is 1. The molecule has 0 saturated carbocycles. The van der Waals surface area contributed by atoms with Gasteiger partial charge in [-0.25, -0.2) is 9.37 Å². The van der Waals surface area contributed by atoms with E-state index in [1.54, 1.807) is 12.1 Å². The van der Waals surface area contributed by atoms with Crippen LogP contribution in [0.25, 0.3) is 5.65 Å². The van der Waals surface area contributed by atoms with Gasteiger partial charge in [-0.05, 0) is 36.2 Å². The number of aryl methyl sites for hydroxylation is 1. The fraction of sp³-hybridized carbons (Fsp3) is 0.176. The zero-order chi connectivity index (χ0) is 15.5. The Labute approximate surface area is 127 Å². The van der Waals surface area contributed by atoms with Crippen LogP contribution in [0.4, 0.5) is 4.39 Å². The van der Waals surface area contributed by atoms with Gasteiger partial charge < -0.3 is 9.72 Å². The van der Waals surface area contributed by atoms with E-state index in [2.05, 4.69) is 10.3 Å². The van der Waals surface area contributed by atoms with Crippen molar-refractivity contribution in [2.24, 2.45) is 0 Å². The minimum Gasteiger partial charge on any atom is -0.352 e. The Morgan fingerprint density at radius 2 is 2.05 bits per heavy atom. The molecular formula is C17H16FN3O. The number of hydrogen-bond donors (Lipinski definition) is 1. The summed E-state index contributed by atoms with van der Waals surface area (Å²) in [4.78, 5) is 16.5. The highest BCUT2D eigenvalue weighted by Gasteiger charge is 2.08. The van der Waals surface area contributed by atoms with E-state index in [9.17, 15) is 9.18 Å². The maximum Gasteiger partial charge on any atom is 0.226 e.